The number of carbonyl (C=O) groups is 1. The summed E-state index contributed by atoms with van der Waals surface area (Å²) in [4.78, 5) is 16.6. The maximum Gasteiger partial charge on any atom is 0.224 e. The van der Waals surface area contributed by atoms with Crippen LogP contribution in [0.3, 0.4) is 0 Å². The van der Waals surface area contributed by atoms with E-state index in [1.165, 1.54) is 5.56 Å². The minimum atomic E-state index is 0.0381. The van der Waals surface area contributed by atoms with Gasteiger partial charge in [0, 0.05) is 18.0 Å². The zero-order chi connectivity index (χ0) is 16.4. The van der Waals surface area contributed by atoms with Crippen molar-refractivity contribution >= 4 is 22.7 Å². The lowest BCUT2D eigenvalue weighted by Crippen LogP contribution is -2.11. The summed E-state index contributed by atoms with van der Waals surface area (Å²) >= 11 is 0. The number of carbonyl (C=O) groups excluding carboxylic acids is 1. The van der Waals surface area contributed by atoms with Crippen LogP contribution in [0.25, 0.3) is 11.1 Å². The predicted molar refractivity (Wildman–Crippen MR) is 94.0 cm³/mol. The summed E-state index contributed by atoms with van der Waals surface area (Å²) in [7, 11) is 0. The number of oxazole rings is 1. The molecule has 1 N–H and O–H groups in total. The first-order valence-electron chi connectivity index (χ1n) is 8.52. The van der Waals surface area contributed by atoms with Crippen molar-refractivity contribution in [3.05, 3.63) is 60.0 Å². The molecule has 4 heteroatoms. The molecule has 0 atom stereocenters. The Morgan fingerprint density at radius 2 is 2.00 bits per heavy atom. The minimum absolute atomic E-state index is 0.0381. The van der Waals surface area contributed by atoms with Gasteiger partial charge >= 0.3 is 0 Å². The van der Waals surface area contributed by atoms with Crippen LogP contribution in [0.5, 0.6) is 0 Å². The van der Waals surface area contributed by atoms with Crippen molar-refractivity contribution in [3.8, 4) is 0 Å². The molecular weight excluding hydrogens is 300 g/mol. The summed E-state index contributed by atoms with van der Waals surface area (Å²) in [6.07, 6.45) is 4.60. The van der Waals surface area contributed by atoms with Gasteiger partial charge in [0.05, 0.1) is 0 Å². The highest BCUT2D eigenvalue weighted by atomic mass is 16.3. The lowest BCUT2D eigenvalue weighted by Gasteiger charge is -2.05. The highest BCUT2D eigenvalue weighted by Gasteiger charge is 2.28. The first-order valence-corrected chi connectivity index (χ1v) is 8.52. The molecular formula is C20H20N2O2. The standard InChI is InChI=1S/C20H20N2O2/c23-19(8-4-7-14-5-2-1-3-6-14)21-16-11-12-18-17(13-16)22-20(24-18)15-9-10-15/h1-3,5-6,11-13,15H,4,7-10H2,(H,21,23). The number of benzene rings is 2. The Kier molecular flexibility index (Phi) is 4.03. The minimum Gasteiger partial charge on any atom is -0.440 e. The summed E-state index contributed by atoms with van der Waals surface area (Å²) in [6, 6.07) is 15.9. The molecule has 4 nitrogen and oxygen atoms in total. The maximum atomic E-state index is 12.1. The van der Waals surface area contributed by atoms with E-state index in [-0.39, 0.29) is 5.91 Å². The SMILES string of the molecule is O=C(CCCc1ccccc1)Nc1ccc2oc(C3CC3)nc2c1. The van der Waals surface area contributed by atoms with Crippen molar-refractivity contribution in [3.63, 3.8) is 0 Å². The molecule has 122 valence electrons. The fourth-order valence-electron chi connectivity index (χ4n) is 2.85. The first-order chi connectivity index (χ1) is 11.8. The molecule has 4 rings (SSSR count). The van der Waals surface area contributed by atoms with Gasteiger partial charge in [0.25, 0.3) is 0 Å². The molecule has 0 aliphatic heterocycles. The molecule has 2 aromatic carbocycles. The van der Waals surface area contributed by atoms with Crippen molar-refractivity contribution in [2.45, 2.75) is 38.0 Å². The lowest BCUT2D eigenvalue weighted by atomic mass is 10.1. The molecule has 0 radical (unpaired) electrons. The molecule has 0 unspecified atom stereocenters. The van der Waals surface area contributed by atoms with Crippen LogP contribution in [0.1, 0.15) is 43.1 Å². The number of anilines is 1. The highest BCUT2D eigenvalue weighted by Crippen LogP contribution is 2.40. The Hall–Kier alpha value is -2.62. The van der Waals surface area contributed by atoms with E-state index in [9.17, 15) is 4.79 Å². The van der Waals surface area contributed by atoms with Crippen molar-refractivity contribution in [2.75, 3.05) is 5.32 Å². The molecule has 0 saturated heterocycles. The Morgan fingerprint density at radius 3 is 2.79 bits per heavy atom. The van der Waals surface area contributed by atoms with Gasteiger partial charge in [-0.05, 0) is 49.4 Å². The highest BCUT2D eigenvalue weighted by molar-refractivity contribution is 5.92. The largest absolute Gasteiger partial charge is 0.440 e. The molecule has 0 spiro atoms. The number of nitrogens with zero attached hydrogens (tertiary/aromatic N) is 1. The molecule has 1 saturated carbocycles. The van der Waals surface area contributed by atoms with Crippen LogP contribution in [0.4, 0.5) is 5.69 Å². The van der Waals surface area contributed by atoms with Gasteiger partial charge < -0.3 is 9.73 Å². The van der Waals surface area contributed by atoms with E-state index in [4.69, 9.17) is 4.42 Å². The van der Waals surface area contributed by atoms with Crippen LogP contribution >= 0.6 is 0 Å². The molecule has 0 bridgehead atoms. The third kappa shape index (κ3) is 3.48. The average molecular weight is 320 g/mol. The van der Waals surface area contributed by atoms with Gasteiger partial charge in [0.2, 0.25) is 5.91 Å². The van der Waals surface area contributed by atoms with Gasteiger partial charge in [-0.3, -0.25) is 4.79 Å². The van der Waals surface area contributed by atoms with Gasteiger partial charge in [-0.1, -0.05) is 30.3 Å². The van der Waals surface area contributed by atoms with E-state index in [0.717, 1.165) is 48.4 Å². The van der Waals surface area contributed by atoms with Crippen molar-refractivity contribution < 1.29 is 9.21 Å². The average Bonchev–Trinajstić information content (AvgIpc) is 3.35. The molecule has 3 aromatic rings. The van der Waals surface area contributed by atoms with Crippen molar-refractivity contribution in [1.82, 2.24) is 4.98 Å². The van der Waals surface area contributed by atoms with E-state index >= 15 is 0 Å². The Labute approximate surface area is 140 Å². The van der Waals surface area contributed by atoms with Crippen molar-refractivity contribution in [2.24, 2.45) is 0 Å². The quantitative estimate of drug-likeness (QED) is 0.718. The van der Waals surface area contributed by atoms with E-state index in [1.807, 2.05) is 36.4 Å². The Balaban J connectivity index is 1.34. The zero-order valence-electron chi connectivity index (χ0n) is 13.5. The summed E-state index contributed by atoms with van der Waals surface area (Å²) in [6.45, 7) is 0. The number of hydrogen-bond acceptors (Lipinski definition) is 3. The third-order valence-electron chi connectivity index (χ3n) is 4.33. The molecule has 1 aromatic heterocycles. The van der Waals surface area contributed by atoms with E-state index < -0.39 is 0 Å². The topological polar surface area (TPSA) is 55.1 Å². The second kappa shape index (κ2) is 6.48. The molecule has 1 aliphatic rings. The Morgan fingerprint density at radius 1 is 1.17 bits per heavy atom. The molecule has 1 aliphatic carbocycles. The maximum absolute atomic E-state index is 12.1. The number of fused-ring (bicyclic) bond motifs is 1. The molecule has 1 amide bonds. The summed E-state index contributed by atoms with van der Waals surface area (Å²) < 4.78 is 5.74. The smallest absolute Gasteiger partial charge is 0.224 e. The number of aromatic nitrogens is 1. The normalized spacial score (nSPS) is 14.0. The van der Waals surface area contributed by atoms with E-state index in [0.29, 0.717) is 12.3 Å². The van der Waals surface area contributed by atoms with Crippen LogP contribution < -0.4 is 5.32 Å². The Bertz CT molecular complexity index is 850. The van der Waals surface area contributed by atoms with Crippen LogP contribution in [-0.4, -0.2) is 10.9 Å². The van der Waals surface area contributed by atoms with Gasteiger partial charge in [-0.2, -0.15) is 0 Å². The van der Waals surface area contributed by atoms with Gasteiger partial charge in [-0.15, -0.1) is 0 Å². The molecule has 1 fully saturated rings. The van der Waals surface area contributed by atoms with Crippen LogP contribution in [0.2, 0.25) is 0 Å². The van der Waals surface area contributed by atoms with Gasteiger partial charge in [0.1, 0.15) is 5.52 Å². The monoisotopic (exact) mass is 320 g/mol. The summed E-state index contributed by atoms with van der Waals surface area (Å²) in [5, 5.41) is 2.95. The first kappa shape index (κ1) is 14.9. The number of aryl methyl sites for hydroxylation is 1. The van der Waals surface area contributed by atoms with Crippen LogP contribution in [0.15, 0.2) is 52.9 Å². The lowest BCUT2D eigenvalue weighted by molar-refractivity contribution is -0.116. The zero-order valence-corrected chi connectivity index (χ0v) is 13.5. The number of rotatable bonds is 6. The van der Waals surface area contributed by atoms with Crippen LogP contribution in [0, 0.1) is 0 Å². The predicted octanol–water partition coefficient (Wildman–Crippen LogP) is 4.67. The number of amides is 1. The second-order valence-electron chi connectivity index (χ2n) is 6.40. The fourth-order valence-corrected chi connectivity index (χ4v) is 2.85. The summed E-state index contributed by atoms with van der Waals surface area (Å²) in [5.74, 6) is 1.36. The number of hydrogen-bond donors (Lipinski definition) is 1. The van der Waals surface area contributed by atoms with Gasteiger partial charge in [0.15, 0.2) is 11.5 Å². The van der Waals surface area contributed by atoms with Gasteiger partial charge in [-0.25, -0.2) is 4.98 Å². The molecule has 1 heterocycles. The van der Waals surface area contributed by atoms with Crippen molar-refractivity contribution in [1.29, 1.82) is 0 Å². The second-order valence-corrected chi connectivity index (χ2v) is 6.40. The van der Waals surface area contributed by atoms with E-state index in [2.05, 4.69) is 22.4 Å². The fraction of sp³-hybridized carbons (Fsp3) is 0.300. The molecule has 24 heavy (non-hydrogen) atoms. The van der Waals surface area contributed by atoms with Crippen LogP contribution in [-0.2, 0) is 11.2 Å². The summed E-state index contributed by atoms with van der Waals surface area (Å²) in [5.41, 5.74) is 3.66. The number of nitrogens with one attached hydrogen (secondary N) is 1. The third-order valence-corrected chi connectivity index (χ3v) is 4.33. The van der Waals surface area contributed by atoms with E-state index in [1.54, 1.807) is 0 Å².